The summed E-state index contributed by atoms with van der Waals surface area (Å²) in [5.41, 5.74) is 1.44. The number of rotatable bonds is 3. The minimum atomic E-state index is -0.184. The third kappa shape index (κ3) is 2.01. The minimum absolute atomic E-state index is 0.0522. The largest absolute Gasteiger partial charge is 0.505 e. The summed E-state index contributed by atoms with van der Waals surface area (Å²) in [7, 11) is 0. The van der Waals surface area contributed by atoms with E-state index in [0.29, 0.717) is 34.5 Å². The van der Waals surface area contributed by atoms with E-state index in [2.05, 4.69) is 4.98 Å². The van der Waals surface area contributed by atoms with Crippen molar-refractivity contribution in [2.24, 2.45) is 0 Å². The van der Waals surface area contributed by atoms with Crippen molar-refractivity contribution in [1.29, 1.82) is 0 Å². The number of fused-ring (bicyclic) bond motifs is 1. The number of benzene rings is 1. The van der Waals surface area contributed by atoms with Gasteiger partial charge in [-0.3, -0.25) is 4.79 Å². The zero-order chi connectivity index (χ0) is 13.3. The molecule has 1 N–H and O–H groups in total. The monoisotopic (exact) mass is 245 g/mol. The van der Waals surface area contributed by atoms with E-state index in [1.807, 2.05) is 6.92 Å². The van der Waals surface area contributed by atoms with Crippen LogP contribution in [0, 0.1) is 6.92 Å². The molecule has 1 aromatic heterocycles. The molecule has 0 radical (unpaired) electrons. The summed E-state index contributed by atoms with van der Waals surface area (Å²) >= 11 is 0. The first-order chi connectivity index (χ1) is 8.54. The first-order valence-electron chi connectivity index (χ1n) is 5.81. The highest BCUT2D eigenvalue weighted by Gasteiger charge is 2.16. The molecule has 1 aromatic carbocycles. The molecule has 0 aliphatic carbocycles. The maximum atomic E-state index is 11.7. The number of pyridine rings is 1. The van der Waals surface area contributed by atoms with Gasteiger partial charge in [-0.2, -0.15) is 0 Å². The van der Waals surface area contributed by atoms with Gasteiger partial charge < -0.3 is 9.84 Å². The fourth-order valence-corrected chi connectivity index (χ4v) is 1.97. The zero-order valence-corrected chi connectivity index (χ0v) is 10.7. The Bertz CT molecular complexity index is 620. The molecule has 4 nitrogen and oxygen atoms in total. The van der Waals surface area contributed by atoms with Crippen LogP contribution < -0.4 is 4.74 Å². The Morgan fingerprint density at radius 2 is 2.17 bits per heavy atom. The molecule has 0 saturated heterocycles. The molecule has 2 rings (SSSR count). The van der Waals surface area contributed by atoms with E-state index in [1.54, 1.807) is 25.1 Å². The number of ketones is 1. The number of carbonyl (C=O) groups is 1. The molecular weight excluding hydrogens is 230 g/mol. The van der Waals surface area contributed by atoms with Crippen LogP contribution in [0.3, 0.4) is 0 Å². The van der Waals surface area contributed by atoms with Crippen molar-refractivity contribution in [2.75, 3.05) is 6.61 Å². The van der Waals surface area contributed by atoms with Gasteiger partial charge in [0.25, 0.3) is 0 Å². The molecule has 0 aliphatic heterocycles. The summed E-state index contributed by atoms with van der Waals surface area (Å²) in [4.78, 5) is 15.9. The van der Waals surface area contributed by atoms with Crippen LogP contribution in [0.25, 0.3) is 10.9 Å². The van der Waals surface area contributed by atoms with E-state index in [1.165, 1.54) is 6.92 Å². The molecule has 0 amide bonds. The minimum Gasteiger partial charge on any atom is -0.505 e. The van der Waals surface area contributed by atoms with Gasteiger partial charge in [0, 0.05) is 5.39 Å². The Labute approximate surface area is 105 Å². The van der Waals surface area contributed by atoms with E-state index >= 15 is 0 Å². The molecule has 18 heavy (non-hydrogen) atoms. The van der Waals surface area contributed by atoms with Crippen LogP contribution in [0.2, 0.25) is 0 Å². The highest BCUT2D eigenvalue weighted by atomic mass is 16.5. The maximum absolute atomic E-state index is 11.7. The average Bonchev–Trinajstić information content (AvgIpc) is 2.31. The number of Topliss-reactive ketones (excluding diaryl/α,β-unsaturated/α-hetero) is 1. The molecule has 0 unspecified atom stereocenters. The smallest absolute Gasteiger partial charge is 0.164 e. The van der Waals surface area contributed by atoms with Crippen LogP contribution in [-0.2, 0) is 0 Å². The van der Waals surface area contributed by atoms with Gasteiger partial charge >= 0.3 is 0 Å². The quantitative estimate of drug-likeness (QED) is 0.845. The topological polar surface area (TPSA) is 59.4 Å². The van der Waals surface area contributed by atoms with Gasteiger partial charge in [0.1, 0.15) is 11.5 Å². The highest BCUT2D eigenvalue weighted by molar-refractivity contribution is 6.09. The van der Waals surface area contributed by atoms with Crippen molar-refractivity contribution in [1.82, 2.24) is 4.98 Å². The van der Waals surface area contributed by atoms with Gasteiger partial charge in [-0.1, -0.05) is 0 Å². The van der Waals surface area contributed by atoms with E-state index in [-0.39, 0.29) is 11.5 Å². The van der Waals surface area contributed by atoms with Gasteiger partial charge in [-0.15, -0.1) is 0 Å². The Morgan fingerprint density at radius 1 is 1.44 bits per heavy atom. The Hall–Kier alpha value is -2.10. The van der Waals surface area contributed by atoms with Crippen molar-refractivity contribution in [2.45, 2.75) is 20.8 Å². The predicted octanol–water partition coefficient (Wildman–Crippen LogP) is 2.85. The summed E-state index contributed by atoms with van der Waals surface area (Å²) in [5.74, 6) is 0.429. The van der Waals surface area contributed by atoms with Crippen molar-refractivity contribution in [3.8, 4) is 11.5 Å². The fraction of sp³-hybridized carbons (Fsp3) is 0.286. The Morgan fingerprint density at radius 3 is 2.78 bits per heavy atom. The van der Waals surface area contributed by atoms with Crippen molar-refractivity contribution < 1.29 is 14.6 Å². The van der Waals surface area contributed by atoms with Crippen LogP contribution in [0.1, 0.15) is 29.9 Å². The molecular formula is C14H15NO3. The lowest BCUT2D eigenvalue weighted by molar-refractivity contribution is 0.101. The van der Waals surface area contributed by atoms with E-state index in [9.17, 15) is 9.90 Å². The van der Waals surface area contributed by atoms with E-state index < -0.39 is 0 Å². The van der Waals surface area contributed by atoms with Gasteiger partial charge in [0.05, 0.1) is 23.4 Å². The lowest BCUT2D eigenvalue weighted by Gasteiger charge is -2.10. The second-order valence-electron chi connectivity index (χ2n) is 4.09. The maximum Gasteiger partial charge on any atom is 0.164 e. The molecule has 94 valence electrons. The third-order valence-electron chi connectivity index (χ3n) is 2.77. The zero-order valence-electron chi connectivity index (χ0n) is 10.7. The summed E-state index contributed by atoms with van der Waals surface area (Å²) < 4.78 is 5.40. The van der Waals surface area contributed by atoms with E-state index in [4.69, 9.17) is 4.74 Å². The third-order valence-corrected chi connectivity index (χ3v) is 2.77. The van der Waals surface area contributed by atoms with Crippen LogP contribution in [-0.4, -0.2) is 22.5 Å². The molecule has 0 fully saturated rings. The van der Waals surface area contributed by atoms with Gasteiger partial charge in [0.15, 0.2) is 5.78 Å². The molecule has 1 heterocycles. The number of carbonyl (C=O) groups excluding carboxylic acids is 1. The predicted molar refractivity (Wildman–Crippen MR) is 69.3 cm³/mol. The second-order valence-corrected chi connectivity index (χ2v) is 4.09. The number of hydrogen-bond donors (Lipinski definition) is 1. The van der Waals surface area contributed by atoms with Crippen LogP contribution >= 0.6 is 0 Å². The first-order valence-corrected chi connectivity index (χ1v) is 5.81. The summed E-state index contributed by atoms with van der Waals surface area (Å²) in [6.45, 7) is 5.55. The molecule has 0 atom stereocenters. The lowest BCUT2D eigenvalue weighted by Crippen LogP contribution is -2.00. The molecule has 0 aliphatic rings. The number of aromatic hydroxyl groups is 1. The molecule has 0 spiro atoms. The van der Waals surface area contributed by atoms with E-state index in [0.717, 1.165) is 0 Å². The Balaban J connectivity index is 2.78. The number of ether oxygens (including phenoxy) is 1. The van der Waals surface area contributed by atoms with Crippen molar-refractivity contribution >= 4 is 16.7 Å². The lowest BCUT2D eigenvalue weighted by atomic mass is 10.0. The molecule has 0 saturated carbocycles. The van der Waals surface area contributed by atoms with Crippen molar-refractivity contribution in [3.05, 3.63) is 29.5 Å². The Kier molecular flexibility index (Phi) is 3.19. The normalized spacial score (nSPS) is 10.6. The molecule has 2 aromatic rings. The highest BCUT2D eigenvalue weighted by Crippen LogP contribution is 2.31. The van der Waals surface area contributed by atoms with Gasteiger partial charge in [-0.05, 0) is 39.0 Å². The molecule has 4 heteroatoms. The number of hydrogen-bond acceptors (Lipinski definition) is 4. The van der Waals surface area contributed by atoms with Crippen molar-refractivity contribution in [3.63, 3.8) is 0 Å². The summed E-state index contributed by atoms with van der Waals surface area (Å²) in [6.07, 6.45) is 0. The number of aromatic nitrogens is 1. The fourth-order valence-electron chi connectivity index (χ4n) is 1.97. The summed E-state index contributed by atoms with van der Waals surface area (Å²) in [6, 6.07) is 5.33. The first kappa shape index (κ1) is 12.4. The van der Waals surface area contributed by atoms with Crippen LogP contribution in [0.15, 0.2) is 18.2 Å². The number of nitrogens with zero attached hydrogens (tertiary/aromatic N) is 1. The van der Waals surface area contributed by atoms with Gasteiger partial charge in [0.2, 0.25) is 0 Å². The number of aryl methyl sites for hydroxylation is 1. The van der Waals surface area contributed by atoms with Gasteiger partial charge in [-0.25, -0.2) is 4.98 Å². The standard InChI is InChI=1S/C14H15NO3/c1-4-18-10-5-6-12-11(7-10)13(9(3)16)14(17)8(2)15-12/h5-7,17H,4H2,1-3H3. The summed E-state index contributed by atoms with van der Waals surface area (Å²) in [5, 5.41) is 10.6. The second kappa shape index (κ2) is 4.64. The molecule has 0 bridgehead atoms. The SMILES string of the molecule is CCOc1ccc2nc(C)c(O)c(C(C)=O)c2c1. The van der Waals surface area contributed by atoms with Crippen LogP contribution in [0.5, 0.6) is 11.5 Å². The average molecular weight is 245 g/mol. The van der Waals surface area contributed by atoms with Crippen LogP contribution in [0.4, 0.5) is 0 Å².